The zero-order chi connectivity index (χ0) is 12.2. The summed E-state index contributed by atoms with van der Waals surface area (Å²) in [7, 11) is -1.75. The number of sulfonamides is 1. The molecule has 1 rings (SSSR count). The molecule has 6 nitrogen and oxygen atoms in total. The Hall–Kier alpha value is -1.15. The van der Waals surface area contributed by atoms with E-state index < -0.39 is 21.3 Å². The molecule has 1 aliphatic rings. The third-order valence-corrected chi connectivity index (χ3v) is 3.87. The molecule has 0 amide bonds. The first-order chi connectivity index (χ1) is 7.43. The largest absolute Gasteiger partial charge is 0.306 e. The van der Waals surface area contributed by atoms with E-state index in [4.69, 9.17) is 10.5 Å². The lowest BCUT2D eigenvalue weighted by Crippen LogP contribution is -2.54. The normalized spacial score (nSPS) is 20.9. The first-order valence-electron chi connectivity index (χ1n) is 4.91. The Kier molecular flexibility index (Phi) is 3.87. The van der Waals surface area contributed by atoms with E-state index in [1.165, 1.54) is 0 Å². The van der Waals surface area contributed by atoms with Gasteiger partial charge < -0.3 is 4.90 Å². The maximum atomic E-state index is 11.4. The minimum atomic E-state index is -3.67. The maximum Gasteiger partial charge on any atom is 0.226 e. The van der Waals surface area contributed by atoms with Crippen molar-refractivity contribution in [3.8, 4) is 12.1 Å². The molecule has 7 heteroatoms. The van der Waals surface area contributed by atoms with Crippen LogP contribution >= 0.6 is 0 Å². The molecule has 0 saturated carbocycles. The first-order valence-corrected chi connectivity index (χ1v) is 6.57. The van der Waals surface area contributed by atoms with Gasteiger partial charge in [0.05, 0.1) is 12.1 Å². The lowest BCUT2D eigenvalue weighted by Gasteiger charge is -2.35. The van der Waals surface area contributed by atoms with Gasteiger partial charge in [-0.1, -0.05) is 0 Å². The molecule has 0 bridgehead atoms. The van der Waals surface area contributed by atoms with Crippen molar-refractivity contribution < 1.29 is 8.42 Å². The predicted octanol–water partition coefficient (Wildman–Crippen LogP) is -0.583. The lowest BCUT2D eigenvalue weighted by molar-refractivity contribution is 0.213. The molecule has 0 aromatic heterocycles. The van der Waals surface area contributed by atoms with Gasteiger partial charge in [-0.05, 0) is 19.9 Å². The molecule has 0 aromatic rings. The van der Waals surface area contributed by atoms with Crippen LogP contribution in [0.3, 0.4) is 0 Å². The smallest absolute Gasteiger partial charge is 0.226 e. The minimum absolute atomic E-state index is 0.449. The van der Waals surface area contributed by atoms with Crippen molar-refractivity contribution in [3.63, 3.8) is 0 Å². The van der Waals surface area contributed by atoms with Gasteiger partial charge in [0.25, 0.3) is 0 Å². The number of piperidine rings is 1. The van der Waals surface area contributed by atoms with Crippen LogP contribution in [-0.2, 0) is 10.0 Å². The van der Waals surface area contributed by atoms with Crippen molar-refractivity contribution in [2.45, 2.75) is 18.4 Å². The average Bonchev–Trinajstić information content (AvgIpc) is 2.21. The van der Waals surface area contributed by atoms with Crippen molar-refractivity contribution in [3.05, 3.63) is 0 Å². The van der Waals surface area contributed by atoms with Gasteiger partial charge in [-0.15, -0.1) is 0 Å². The van der Waals surface area contributed by atoms with E-state index in [0.29, 0.717) is 25.9 Å². The molecule has 1 N–H and O–H groups in total. The van der Waals surface area contributed by atoms with Crippen LogP contribution < -0.4 is 4.72 Å². The highest BCUT2D eigenvalue weighted by Crippen LogP contribution is 2.21. The second-order valence-electron chi connectivity index (χ2n) is 4.02. The topological polar surface area (TPSA) is 97.0 Å². The van der Waals surface area contributed by atoms with E-state index in [2.05, 4.69) is 4.72 Å². The molecule has 1 aliphatic heterocycles. The molecule has 1 fully saturated rings. The molecule has 16 heavy (non-hydrogen) atoms. The molecule has 0 aliphatic carbocycles. The van der Waals surface area contributed by atoms with Crippen molar-refractivity contribution in [1.82, 2.24) is 9.62 Å². The summed E-state index contributed by atoms with van der Waals surface area (Å²) < 4.78 is 25.2. The third kappa shape index (κ3) is 3.17. The van der Waals surface area contributed by atoms with Crippen molar-refractivity contribution in [1.29, 1.82) is 10.5 Å². The molecule has 1 saturated heterocycles. The first kappa shape index (κ1) is 12.9. The van der Waals surface area contributed by atoms with Crippen LogP contribution in [-0.4, -0.2) is 44.7 Å². The van der Waals surface area contributed by atoms with Gasteiger partial charge in [-0.3, -0.25) is 0 Å². The van der Waals surface area contributed by atoms with Crippen molar-refractivity contribution >= 4 is 10.0 Å². The highest BCUT2D eigenvalue weighted by Gasteiger charge is 2.37. The zero-order valence-corrected chi connectivity index (χ0v) is 9.92. The second-order valence-corrected chi connectivity index (χ2v) is 5.74. The maximum absolute atomic E-state index is 11.4. The fourth-order valence-electron chi connectivity index (χ4n) is 1.66. The monoisotopic (exact) mass is 242 g/mol. The second kappa shape index (κ2) is 4.79. The summed E-state index contributed by atoms with van der Waals surface area (Å²) >= 11 is 0. The number of nitrogens with zero attached hydrogens (tertiary/aromatic N) is 3. The van der Waals surface area contributed by atoms with E-state index >= 15 is 0 Å². The zero-order valence-electron chi connectivity index (χ0n) is 9.10. The van der Waals surface area contributed by atoms with Crippen LogP contribution in [0.2, 0.25) is 0 Å². The molecule has 0 radical (unpaired) electrons. The Morgan fingerprint density at radius 1 is 1.38 bits per heavy atom. The summed E-state index contributed by atoms with van der Waals surface area (Å²) in [5.74, 6) is -0.605. The predicted molar refractivity (Wildman–Crippen MR) is 57.6 cm³/mol. The number of rotatable bonds is 3. The highest BCUT2D eigenvalue weighted by atomic mass is 32.2. The van der Waals surface area contributed by atoms with Crippen molar-refractivity contribution in [2.75, 3.05) is 25.9 Å². The Morgan fingerprint density at radius 3 is 2.38 bits per heavy atom. The summed E-state index contributed by atoms with van der Waals surface area (Å²) in [6.07, 6.45) is 0.898. The van der Waals surface area contributed by atoms with Crippen LogP contribution in [0.1, 0.15) is 12.8 Å². The van der Waals surface area contributed by atoms with E-state index in [0.717, 1.165) is 0 Å². The van der Waals surface area contributed by atoms with E-state index in [-0.39, 0.29) is 0 Å². The molecular weight excluding hydrogens is 228 g/mol. The van der Waals surface area contributed by atoms with Crippen molar-refractivity contribution in [2.24, 2.45) is 0 Å². The quantitative estimate of drug-likeness (QED) is 0.714. The fraction of sp³-hybridized carbons (Fsp3) is 0.778. The average molecular weight is 242 g/mol. The van der Waals surface area contributed by atoms with Gasteiger partial charge in [-0.25, -0.2) is 8.42 Å². The Morgan fingerprint density at radius 2 is 1.94 bits per heavy atom. The Labute approximate surface area is 95.5 Å². The summed E-state index contributed by atoms with van der Waals surface area (Å²) in [6.45, 7) is 1.34. The van der Waals surface area contributed by atoms with Gasteiger partial charge in [0, 0.05) is 13.1 Å². The van der Waals surface area contributed by atoms with Crippen LogP contribution in [0, 0.1) is 22.7 Å². The molecule has 88 valence electrons. The molecule has 0 unspecified atom stereocenters. The number of hydrogen-bond donors (Lipinski definition) is 1. The number of nitriles is 2. The lowest BCUT2D eigenvalue weighted by atomic mass is 9.91. The van der Waals surface area contributed by atoms with Crippen LogP contribution in [0.5, 0.6) is 0 Å². The van der Waals surface area contributed by atoms with Crippen LogP contribution in [0.15, 0.2) is 0 Å². The van der Waals surface area contributed by atoms with E-state index in [1.54, 1.807) is 6.07 Å². The third-order valence-electron chi connectivity index (χ3n) is 2.66. The summed E-state index contributed by atoms with van der Waals surface area (Å²) in [6, 6.07) is 3.60. The van der Waals surface area contributed by atoms with Crippen LogP contribution in [0.25, 0.3) is 0 Å². The number of likely N-dealkylation sites (tertiary alicyclic amines) is 1. The summed E-state index contributed by atoms with van der Waals surface area (Å²) in [5, 5.41) is 17.5. The van der Waals surface area contributed by atoms with Gasteiger partial charge in [0.2, 0.25) is 10.0 Å². The number of nitrogens with one attached hydrogen (secondary N) is 1. The molecule has 0 aromatic carbocycles. The van der Waals surface area contributed by atoms with Gasteiger partial charge in [0.1, 0.15) is 5.54 Å². The summed E-state index contributed by atoms with van der Waals surface area (Å²) in [4.78, 5) is 2.04. The fourth-order valence-corrected chi connectivity index (χ4v) is 2.74. The van der Waals surface area contributed by atoms with Gasteiger partial charge >= 0.3 is 0 Å². The SMILES string of the molecule is CN1CCC(C#N)(NS(=O)(=O)CC#N)CC1. The molecule has 0 atom stereocenters. The van der Waals surface area contributed by atoms with E-state index in [1.807, 2.05) is 18.0 Å². The standard InChI is InChI=1S/C9H14N4O2S/c1-13-5-2-9(8-11,3-6-13)12-16(14,15)7-4-10/h12H,2-3,5-7H2,1H3. The number of hydrogen-bond acceptors (Lipinski definition) is 5. The van der Waals surface area contributed by atoms with Gasteiger partial charge in [0.15, 0.2) is 5.75 Å². The molecule has 0 spiro atoms. The minimum Gasteiger partial charge on any atom is -0.306 e. The Bertz CT molecular complexity index is 423. The van der Waals surface area contributed by atoms with Gasteiger partial charge in [-0.2, -0.15) is 15.2 Å². The summed E-state index contributed by atoms with van der Waals surface area (Å²) in [5.41, 5.74) is -1.04. The molecule has 1 heterocycles. The Balaban J connectivity index is 2.77. The highest BCUT2D eigenvalue weighted by molar-refractivity contribution is 7.89. The molecular formula is C9H14N4O2S. The van der Waals surface area contributed by atoms with E-state index in [9.17, 15) is 8.42 Å². The van der Waals surface area contributed by atoms with Crippen LogP contribution in [0.4, 0.5) is 0 Å².